The lowest BCUT2D eigenvalue weighted by Gasteiger charge is -2.40. The van der Waals surface area contributed by atoms with Gasteiger partial charge in [0.25, 0.3) is 0 Å². The second-order valence-electron chi connectivity index (χ2n) is 10.5. The van der Waals surface area contributed by atoms with Crippen molar-refractivity contribution in [3.05, 3.63) is 35.5 Å². The van der Waals surface area contributed by atoms with Crippen LogP contribution in [-0.2, 0) is 14.3 Å². The molecule has 4 aliphatic rings. The van der Waals surface area contributed by atoms with Crippen LogP contribution in [0.1, 0.15) is 60.3 Å². The lowest BCUT2D eigenvalue weighted by molar-refractivity contribution is -0.119. The van der Waals surface area contributed by atoms with Crippen LogP contribution in [0, 0.1) is 35.0 Å². The molecule has 0 amide bonds. The lowest BCUT2D eigenvalue weighted by Crippen LogP contribution is -2.34. The van der Waals surface area contributed by atoms with E-state index >= 15 is 0 Å². The average molecular weight is 383 g/mol. The second-order valence-corrected chi connectivity index (χ2v) is 10.5. The van der Waals surface area contributed by atoms with Gasteiger partial charge in [-0.15, -0.1) is 0 Å². The second kappa shape index (κ2) is 6.79. The van der Waals surface area contributed by atoms with Crippen molar-refractivity contribution in [3.63, 3.8) is 0 Å². The fraction of sp³-hybridized carbons (Fsp3) is 0.680. The van der Waals surface area contributed by atoms with Crippen molar-refractivity contribution >= 4 is 12.1 Å². The third-order valence-electron chi connectivity index (χ3n) is 8.24. The molecule has 0 N–H and O–H groups in total. The summed E-state index contributed by atoms with van der Waals surface area (Å²) in [5, 5.41) is 0. The van der Waals surface area contributed by atoms with Gasteiger partial charge in [-0.25, -0.2) is 0 Å². The Morgan fingerprint density at radius 1 is 1.29 bits per heavy atom. The number of ketones is 1. The van der Waals surface area contributed by atoms with Crippen molar-refractivity contribution in [1.82, 2.24) is 0 Å². The summed E-state index contributed by atoms with van der Waals surface area (Å²) in [5.74, 6) is 1.76. The third kappa shape index (κ3) is 3.26. The van der Waals surface area contributed by atoms with E-state index in [0.717, 1.165) is 24.7 Å². The number of allylic oxidation sites excluding steroid dienone is 5. The number of hydrogen-bond donors (Lipinski definition) is 0. The number of fused-ring (bicyclic) bond motifs is 2. The average Bonchev–Trinajstić information content (AvgIpc) is 2.97. The SMILES string of the molecule is CC1=CC(=O)[C@H]2/C(C=O)=C\C[C@H]3[C@@H]([C@@H](C)/C=C\[C@@H]4OC4(C)C)CC[C@]3(C)C[C@H]12. The van der Waals surface area contributed by atoms with Gasteiger partial charge in [0, 0.05) is 0 Å². The summed E-state index contributed by atoms with van der Waals surface area (Å²) in [6.07, 6.45) is 14.0. The molecule has 0 bridgehead atoms. The maximum absolute atomic E-state index is 12.5. The summed E-state index contributed by atoms with van der Waals surface area (Å²) in [6, 6.07) is 0. The number of rotatable bonds is 4. The van der Waals surface area contributed by atoms with E-state index in [4.69, 9.17) is 4.74 Å². The van der Waals surface area contributed by atoms with E-state index in [1.54, 1.807) is 6.08 Å². The Labute approximate surface area is 169 Å². The molecule has 0 aromatic heterocycles. The van der Waals surface area contributed by atoms with Gasteiger partial charge in [-0.3, -0.25) is 9.59 Å². The van der Waals surface area contributed by atoms with Crippen LogP contribution < -0.4 is 0 Å². The molecule has 7 atom stereocenters. The van der Waals surface area contributed by atoms with Crippen molar-refractivity contribution in [1.29, 1.82) is 0 Å². The van der Waals surface area contributed by atoms with Crippen molar-refractivity contribution in [2.75, 3.05) is 0 Å². The summed E-state index contributed by atoms with van der Waals surface area (Å²) >= 11 is 0. The molecule has 28 heavy (non-hydrogen) atoms. The third-order valence-corrected chi connectivity index (χ3v) is 8.24. The molecular formula is C25H34O3. The highest BCUT2D eigenvalue weighted by molar-refractivity contribution is 6.01. The molecule has 0 spiro atoms. The Hall–Kier alpha value is -1.48. The molecule has 0 unspecified atom stereocenters. The normalized spacial score (nSPS) is 44.8. The minimum atomic E-state index is -0.235. The zero-order valence-electron chi connectivity index (χ0n) is 17.9. The minimum Gasteiger partial charge on any atom is -0.362 e. The molecule has 3 nitrogen and oxygen atoms in total. The molecular weight excluding hydrogens is 348 g/mol. The Balaban J connectivity index is 1.58. The predicted octanol–water partition coefficient (Wildman–Crippen LogP) is 5.07. The van der Waals surface area contributed by atoms with Gasteiger partial charge in [0.1, 0.15) is 12.4 Å². The van der Waals surface area contributed by atoms with Crippen LogP contribution in [0.4, 0.5) is 0 Å². The van der Waals surface area contributed by atoms with Gasteiger partial charge in [0.2, 0.25) is 0 Å². The van der Waals surface area contributed by atoms with Gasteiger partial charge >= 0.3 is 0 Å². The molecule has 1 heterocycles. The first kappa shape index (κ1) is 19.8. The minimum absolute atomic E-state index is 0.00384. The fourth-order valence-corrected chi connectivity index (χ4v) is 6.30. The van der Waals surface area contributed by atoms with Gasteiger partial charge < -0.3 is 4.74 Å². The van der Waals surface area contributed by atoms with E-state index in [2.05, 4.69) is 52.8 Å². The highest BCUT2D eigenvalue weighted by atomic mass is 16.6. The maximum atomic E-state index is 12.5. The Bertz CT molecular complexity index is 771. The summed E-state index contributed by atoms with van der Waals surface area (Å²) in [4.78, 5) is 24.3. The van der Waals surface area contributed by atoms with Crippen molar-refractivity contribution in [2.45, 2.75) is 72.0 Å². The van der Waals surface area contributed by atoms with E-state index in [-0.39, 0.29) is 34.7 Å². The number of epoxide rings is 1. The molecule has 2 fully saturated rings. The van der Waals surface area contributed by atoms with Crippen molar-refractivity contribution in [2.24, 2.45) is 35.0 Å². The van der Waals surface area contributed by atoms with Gasteiger partial charge in [-0.05, 0) is 87.2 Å². The largest absolute Gasteiger partial charge is 0.362 e. The highest BCUT2D eigenvalue weighted by Crippen LogP contribution is 2.58. The number of carbonyl (C=O) groups is 2. The first-order chi connectivity index (χ1) is 13.2. The van der Waals surface area contributed by atoms with Gasteiger partial charge in [0.15, 0.2) is 5.78 Å². The van der Waals surface area contributed by atoms with Crippen molar-refractivity contribution < 1.29 is 14.3 Å². The zero-order valence-corrected chi connectivity index (χ0v) is 17.9. The molecule has 1 aliphatic heterocycles. The predicted molar refractivity (Wildman–Crippen MR) is 111 cm³/mol. The Morgan fingerprint density at radius 3 is 2.64 bits per heavy atom. The molecule has 0 aromatic rings. The van der Waals surface area contributed by atoms with Crippen LogP contribution in [0.25, 0.3) is 0 Å². The lowest BCUT2D eigenvalue weighted by atomic mass is 9.63. The monoisotopic (exact) mass is 382 g/mol. The number of carbonyl (C=O) groups excluding carboxylic acids is 2. The van der Waals surface area contributed by atoms with Gasteiger partial charge in [-0.1, -0.05) is 37.6 Å². The summed E-state index contributed by atoms with van der Waals surface area (Å²) in [5.41, 5.74) is 2.10. The maximum Gasteiger partial charge on any atom is 0.163 e. The van der Waals surface area contributed by atoms with Gasteiger partial charge in [0.05, 0.1) is 11.5 Å². The van der Waals surface area contributed by atoms with E-state index < -0.39 is 0 Å². The smallest absolute Gasteiger partial charge is 0.163 e. The summed E-state index contributed by atoms with van der Waals surface area (Å²) in [7, 11) is 0. The molecule has 1 saturated carbocycles. The van der Waals surface area contributed by atoms with Gasteiger partial charge in [-0.2, -0.15) is 0 Å². The summed E-state index contributed by atoms with van der Waals surface area (Å²) in [6.45, 7) is 11.1. The number of ether oxygens (including phenoxy) is 1. The van der Waals surface area contributed by atoms with E-state index in [1.807, 2.05) is 0 Å². The highest BCUT2D eigenvalue weighted by Gasteiger charge is 2.51. The Kier molecular flexibility index (Phi) is 4.81. The van der Waals surface area contributed by atoms with E-state index in [0.29, 0.717) is 23.3 Å². The zero-order chi connectivity index (χ0) is 20.3. The van der Waals surface area contributed by atoms with Crippen LogP contribution in [0.5, 0.6) is 0 Å². The molecule has 0 aromatic carbocycles. The molecule has 152 valence electrons. The standard InChI is InChI=1S/C25H34O3/c1-15(6-9-22-24(3,4)28-22)18-10-11-25(5)13-19-16(2)12-21(27)23(19)17(14-26)7-8-20(18)25/h6-7,9,12,14-15,18-20,22-23H,8,10-11,13H2,1-5H3/b9-6-,17-7-/t15-,18+,19+,20-,22-,23-,25+/m0/s1. The summed E-state index contributed by atoms with van der Waals surface area (Å²) < 4.78 is 5.70. The topological polar surface area (TPSA) is 46.7 Å². The fourth-order valence-electron chi connectivity index (χ4n) is 6.30. The van der Waals surface area contributed by atoms with Crippen LogP contribution >= 0.6 is 0 Å². The Morgan fingerprint density at radius 2 is 2.00 bits per heavy atom. The van der Waals surface area contributed by atoms with Crippen LogP contribution in [-0.4, -0.2) is 23.8 Å². The van der Waals surface area contributed by atoms with Crippen molar-refractivity contribution in [3.8, 4) is 0 Å². The molecule has 3 aliphatic carbocycles. The van der Waals surface area contributed by atoms with Crippen LogP contribution in [0.15, 0.2) is 35.5 Å². The van der Waals surface area contributed by atoms with E-state index in [1.165, 1.54) is 12.8 Å². The molecule has 3 heteroatoms. The quantitative estimate of drug-likeness (QED) is 0.387. The molecule has 0 radical (unpaired) electrons. The van der Waals surface area contributed by atoms with Crippen LogP contribution in [0.2, 0.25) is 0 Å². The first-order valence-electron chi connectivity index (χ1n) is 10.9. The molecule has 4 rings (SSSR count). The van der Waals surface area contributed by atoms with Crippen LogP contribution in [0.3, 0.4) is 0 Å². The number of hydrogen-bond acceptors (Lipinski definition) is 3. The number of aldehydes is 1. The first-order valence-corrected chi connectivity index (χ1v) is 10.9. The van der Waals surface area contributed by atoms with E-state index in [9.17, 15) is 9.59 Å². The molecule has 1 saturated heterocycles.